The summed E-state index contributed by atoms with van der Waals surface area (Å²) in [6, 6.07) is 10.6. The van der Waals surface area contributed by atoms with E-state index in [1.165, 1.54) is 9.75 Å². The van der Waals surface area contributed by atoms with Gasteiger partial charge in [0.1, 0.15) is 0 Å². The van der Waals surface area contributed by atoms with Crippen LogP contribution in [0.15, 0.2) is 35.3 Å². The van der Waals surface area contributed by atoms with Crippen molar-refractivity contribution in [2.24, 2.45) is 4.99 Å². The van der Waals surface area contributed by atoms with Gasteiger partial charge in [0.2, 0.25) is 0 Å². The molecule has 28 heavy (non-hydrogen) atoms. The van der Waals surface area contributed by atoms with Gasteiger partial charge in [0.25, 0.3) is 0 Å². The van der Waals surface area contributed by atoms with Crippen molar-refractivity contribution in [3.8, 4) is 11.5 Å². The summed E-state index contributed by atoms with van der Waals surface area (Å²) in [7, 11) is 9.23. The van der Waals surface area contributed by atoms with Gasteiger partial charge in [-0.3, -0.25) is 4.99 Å². The Hall–Kier alpha value is -2.25. The van der Waals surface area contributed by atoms with E-state index in [9.17, 15) is 0 Å². The first-order valence-electron chi connectivity index (χ1n) is 9.42. The molecule has 2 N–H and O–H groups in total. The SMILES string of the molecule is CCc1ccc(CNC(=NC)NCC(c2ccc(OC)c(OC)c2)N(C)C)s1. The largest absolute Gasteiger partial charge is 0.493 e. The van der Waals surface area contributed by atoms with Crippen molar-refractivity contribution in [3.05, 3.63) is 45.6 Å². The zero-order valence-electron chi connectivity index (χ0n) is 17.7. The lowest BCUT2D eigenvalue weighted by Crippen LogP contribution is -2.41. The maximum atomic E-state index is 5.45. The fraction of sp³-hybridized carbons (Fsp3) is 0.476. The van der Waals surface area contributed by atoms with E-state index in [0.717, 1.165) is 36.0 Å². The third kappa shape index (κ3) is 5.87. The molecule has 1 heterocycles. The van der Waals surface area contributed by atoms with E-state index in [-0.39, 0.29) is 6.04 Å². The maximum Gasteiger partial charge on any atom is 0.191 e. The highest BCUT2D eigenvalue weighted by Gasteiger charge is 2.17. The molecule has 1 aromatic carbocycles. The Bertz CT molecular complexity index is 774. The molecule has 0 aliphatic rings. The van der Waals surface area contributed by atoms with Gasteiger partial charge in [0, 0.05) is 23.3 Å². The molecule has 2 aromatic rings. The first kappa shape index (κ1) is 22.0. The first-order valence-corrected chi connectivity index (χ1v) is 10.2. The average Bonchev–Trinajstić information content (AvgIpc) is 3.18. The number of aryl methyl sites for hydroxylation is 1. The van der Waals surface area contributed by atoms with Crippen LogP contribution in [0.4, 0.5) is 0 Å². The predicted molar refractivity (Wildman–Crippen MR) is 118 cm³/mol. The second-order valence-electron chi connectivity index (χ2n) is 6.62. The fourth-order valence-corrected chi connectivity index (χ4v) is 3.85. The van der Waals surface area contributed by atoms with Crippen molar-refractivity contribution in [2.75, 3.05) is 41.9 Å². The monoisotopic (exact) mass is 404 g/mol. The Morgan fingerprint density at radius 2 is 1.79 bits per heavy atom. The van der Waals surface area contributed by atoms with E-state index in [2.05, 4.69) is 59.7 Å². The Balaban J connectivity index is 2.01. The number of nitrogens with one attached hydrogen (secondary N) is 2. The molecule has 1 unspecified atom stereocenters. The molecule has 0 fully saturated rings. The van der Waals surface area contributed by atoms with Gasteiger partial charge in [0.15, 0.2) is 17.5 Å². The van der Waals surface area contributed by atoms with Crippen LogP contribution in [0.1, 0.15) is 28.3 Å². The molecular weight excluding hydrogens is 372 g/mol. The zero-order chi connectivity index (χ0) is 20.5. The minimum Gasteiger partial charge on any atom is -0.493 e. The molecule has 0 aliphatic carbocycles. The van der Waals surface area contributed by atoms with E-state index in [1.54, 1.807) is 21.3 Å². The minimum atomic E-state index is 0.159. The third-order valence-electron chi connectivity index (χ3n) is 4.60. The molecule has 0 saturated heterocycles. The summed E-state index contributed by atoms with van der Waals surface area (Å²) in [5.74, 6) is 2.26. The van der Waals surface area contributed by atoms with Gasteiger partial charge in [0.05, 0.1) is 26.8 Å². The fourth-order valence-electron chi connectivity index (χ4n) is 2.95. The number of ether oxygens (including phenoxy) is 2. The maximum absolute atomic E-state index is 5.45. The van der Waals surface area contributed by atoms with Crippen LogP contribution in [-0.4, -0.2) is 52.8 Å². The number of rotatable bonds is 9. The van der Waals surface area contributed by atoms with Gasteiger partial charge in [-0.05, 0) is 50.3 Å². The topological polar surface area (TPSA) is 58.1 Å². The van der Waals surface area contributed by atoms with Crippen LogP contribution in [0.2, 0.25) is 0 Å². The van der Waals surface area contributed by atoms with Crippen molar-refractivity contribution in [2.45, 2.75) is 25.9 Å². The molecule has 1 aromatic heterocycles. The van der Waals surface area contributed by atoms with Crippen molar-refractivity contribution in [1.29, 1.82) is 0 Å². The van der Waals surface area contributed by atoms with Crippen LogP contribution in [0, 0.1) is 0 Å². The quantitative estimate of drug-likeness (QED) is 0.496. The summed E-state index contributed by atoms with van der Waals surface area (Å²) in [5, 5.41) is 6.83. The number of likely N-dealkylation sites (N-methyl/N-ethyl adjacent to an activating group) is 1. The number of methoxy groups -OCH3 is 2. The Kier molecular flexibility index (Phi) is 8.60. The van der Waals surface area contributed by atoms with Gasteiger partial charge < -0.3 is 25.0 Å². The molecule has 0 bridgehead atoms. The summed E-state index contributed by atoms with van der Waals surface area (Å²) < 4.78 is 10.8. The number of aliphatic imine (C=N–C) groups is 1. The summed E-state index contributed by atoms with van der Waals surface area (Å²) >= 11 is 1.84. The van der Waals surface area contributed by atoms with Gasteiger partial charge in [-0.2, -0.15) is 0 Å². The lowest BCUT2D eigenvalue weighted by atomic mass is 10.1. The van der Waals surface area contributed by atoms with Crippen molar-refractivity contribution < 1.29 is 9.47 Å². The second-order valence-corrected chi connectivity index (χ2v) is 7.87. The van der Waals surface area contributed by atoms with E-state index >= 15 is 0 Å². The molecule has 0 radical (unpaired) electrons. The number of hydrogen-bond donors (Lipinski definition) is 2. The van der Waals surface area contributed by atoms with E-state index in [1.807, 2.05) is 23.5 Å². The molecule has 0 aliphatic heterocycles. The van der Waals surface area contributed by atoms with Crippen LogP contribution >= 0.6 is 11.3 Å². The smallest absolute Gasteiger partial charge is 0.191 e. The molecule has 0 saturated carbocycles. The lowest BCUT2D eigenvalue weighted by Gasteiger charge is -2.26. The van der Waals surface area contributed by atoms with Crippen molar-refractivity contribution >= 4 is 17.3 Å². The van der Waals surface area contributed by atoms with Crippen LogP contribution in [-0.2, 0) is 13.0 Å². The minimum absolute atomic E-state index is 0.159. The summed E-state index contributed by atoms with van der Waals surface area (Å²) in [6.07, 6.45) is 1.08. The summed E-state index contributed by atoms with van der Waals surface area (Å²) in [4.78, 5) is 9.24. The second kappa shape index (κ2) is 10.9. The van der Waals surface area contributed by atoms with Gasteiger partial charge in [-0.15, -0.1) is 11.3 Å². The highest BCUT2D eigenvalue weighted by Crippen LogP contribution is 2.31. The van der Waals surface area contributed by atoms with E-state index < -0.39 is 0 Å². The molecule has 1 atom stereocenters. The summed E-state index contributed by atoms with van der Waals surface area (Å²) in [5.41, 5.74) is 1.15. The van der Waals surface area contributed by atoms with Crippen molar-refractivity contribution in [3.63, 3.8) is 0 Å². The normalized spacial score (nSPS) is 12.8. The molecule has 0 amide bonds. The zero-order valence-corrected chi connectivity index (χ0v) is 18.5. The Morgan fingerprint density at radius 1 is 1.07 bits per heavy atom. The number of hydrogen-bond acceptors (Lipinski definition) is 5. The van der Waals surface area contributed by atoms with Crippen LogP contribution < -0.4 is 20.1 Å². The average molecular weight is 405 g/mol. The standard InChI is InChI=1S/C21H32N4O2S/c1-7-16-9-10-17(28-16)13-23-21(22-2)24-14-18(25(3)4)15-8-11-19(26-5)20(12-15)27-6/h8-12,18H,7,13-14H2,1-6H3,(H2,22,23,24). The number of benzene rings is 1. The van der Waals surface area contributed by atoms with Gasteiger partial charge >= 0.3 is 0 Å². The van der Waals surface area contributed by atoms with Gasteiger partial charge in [-0.1, -0.05) is 13.0 Å². The van der Waals surface area contributed by atoms with Crippen LogP contribution in [0.25, 0.3) is 0 Å². The summed E-state index contributed by atoms with van der Waals surface area (Å²) in [6.45, 7) is 3.67. The molecule has 0 spiro atoms. The first-order chi connectivity index (χ1) is 13.5. The Morgan fingerprint density at radius 3 is 2.36 bits per heavy atom. The number of thiophene rings is 1. The van der Waals surface area contributed by atoms with Gasteiger partial charge in [-0.25, -0.2) is 0 Å². The highest BCUT2D eigenvalue weighted by molar-refractivity contribution is 7.11. The van der Waals surface area contributed by atoms with Crippen LogP contribution in [0.5, 0.6) is 11.5 Å². The molecule has 154 valence electrons. The van der Waals surface area contributed by atoms with Crippen molar-refractivity contribution in [1.82, 2.24) is 15.5 Å². The van der Waals surface area contributed by atoms with E-state index in [4.69, 9.17) is 9.47 Å². The third-order valence-corrected chi connectivity index (χ3v) is 5.83. The Labute approximate surface area is 172 Å². The van der Waals surface area contributed by atoms with E-state index in [0.29, 0.717) is 6.54 Å². The lowest BCUT2D eigenvalue weighted by molar-refractivity contribution is 0.295. The number of nitrogens with zero attached hydrogens (tertiary/aromatic N) is 2. The highest BCUT2D eigenvalue weighted by atomic mass is 32.1. The predicted octanol–water partition coefficient (Wildman–Crippen LogP) is 3.30. The van der Waals surface area contributed by atoms with Crippen LogP contribution in [0.3, 0.4) is 0 Å². The molecule has 2 rings (SSSR count). The molecule has 7 heteroatoms. The molecule has 6 nitrogen and oxygen atoms in total. The molecular formula is C21H32N4O2S. The number of guanidine groups is 1.